The summed E-state index contributed by atoms with van der Waals surface area (Å²) in [7, 11) is 0. The highest BCUT2D eigenvalue weighted by Crippen LogP contribution is 2.18. The third-order valence-corrected chi connectivity index (χ3v) is 2.91. The van der Waals surface area contributed by atoms with Crippen LogP contribution in [0.4, 0.5) is 0 Å². The normalized spacial score (nSPS) is 10.7. The second-order valence-corrected chi connectivity index (χ2v) is 4.31. The molecule has 3 nitrogen and oxygen atoms in total. The van der Waals surface area contributed by atoms with Gasteiger partial charge in [-0.25, -0.2) is 4.68 Å². The molecule has 2 aromatic rings. The van der Waals surface area contributed by atoms with E-state index in [0.29, 0.717) is 5.88 Å². The second kappa shape index (κ2) is 4.85. The first-order chi connectivity index (χ1) is 7.70. The molecular weight excluding hydrogens is 245 g/mol. The van der Waals surface area contributed by atoms with Crippen molar-refractivity contribution in [3.8, 4) is 5.69 Å². The molecule has 0 radical (unpaired) electrons. The minimum atomic E-state index is 0.549. The number of aromatic nitrogens is 3. The predicted molar refractivity (Wildman–Crippen MR) is 65.5 cm³/mol. The summed E-state index contributed by atoms with van der Waals surface area (Å²) < 4.78 is 1.70. The van der Waals surface area contributed by atoms with E-state index in [9.17, 15) is 0 Å². The van der Waals surface area contributed by atoms with Crippen LogP contribution in [0.1, 0.15) is 11.3 Å². The van der Waals surface area contributed by atoms with E-state index < -0.39 is 0 Å². The molecule has 1 heterocycles. The zero-order valence-electron chi connectivity index (χ0n) is 8.82. The number of rotatable bonds is 3. The van der Waals surface area contributed by atoms with Gasteiger partial charge in [0.25, 0.3) is 0 Å². The molecule has 5 heteroatoms. The van der Waals surface area contributed by atoms with Crippen LogP contribution in [0.25, 0.3) is 5.69 Å². The lowest BCUT2D eigenvalue weighted by molar-refractivity contribution is 0.798. The minimum absolute atomic E-state index is 0.549. The van der Waals surface area contributed by atoms with Crippen molar-refractivity contribution < 1.29 is 0 Å². The molecule has 0 saturated carbocycles. The molecule has 2 rings (SSSR count). The van der Waals surface area contributed by atoms with E-state index in [1.165, 1.54) is 0 Å². The molecule has 0 aliphatic rings. The molecule has 16 heavy (non-hydrogen) atoms. The number of alkyl halides is 1. The Morgan fingerprint density at radius 2 is 2.19 bits per heavy atom. The third kappa shape index (κ3) is 2.36. The number of hydrogen-bond acceptors (Lipinski definition) is 2. The first-order valence-corrected chi connectivity index (χ1v) is 5.85. The quantitative estimate of drug-likeness (QED) is 0.790. The highest BCUT2D eigenvalue weighted by Gasteiger charge is 2.04. The molecule has 0 unspecified atom stereocenters. The fourth-order valence-electron chi connectivity index (χ4n) is 1.36. The van der Waals surface area contributed by atoms with E-state index in [-0.39, 0.29) is 0 Å². The molecule has 0 fully saturated rings. The fraction of sp³-hybridized carbons (Fsp3) is 0.273. The summed E-state index contributed by atoms with van der Waals surface area (Å²) in [5, 5.41) is 8.77. The van der Waals surface area contributed by atoms with Gasteiger partial charge in [0.05, 0.1) is 17.6 Å². The first-order valence-electron chi connectivity index (χ1n) is 4.94. The summed E-state index contributed by atoms with van der Waals surface area (Å²) >= 11 is 11.7. The lowest BCUT2D eigenvalue weighted by Crippen LogP contribution is -1.95. The topological polar surface area (TPSA) is 30.7 Å². The van der Waals surface area contributed by atoms with Gasteiger partial charge in [-0.2, -0.15) is 0 Å². The van der Waals surface area contributed by atoms with Crippen molar-refractivity contribution in [2.45, 2.75) is 13.3 Å². The van der Waals surface area contributed by atoms with Gasteiger partial charge in [0.1, 0.15) is 0 Å². The van der Waals surface area contributed by atoms with Crippen LogP contribution in [0.5, 0.6) is 0 Å². The van der Waals surface area contributed by atoms with Gasteiger partial charge in [0.15, 0.2) is 0 Å². The van der Waals surface area contributed by atoms with Crippen molar-refractivity contribution in [1.29, 1.82) is 0 Å². The Bertz CT molecular complexity index is 494. The lowest BCUT2D eigenvalue weighted by Gasteiger charge is -2.02. The van der Waals surface area contributed by atoms with Gasteiger partial charge in [-0.1, -0.05) is 22.9 Å². The summed E-state index contributed by atoms with van der Waals surface area (Å²) in [6.45, 7) is 1.96. The number of nitrogens with zero attached hydrogens (tertiary/aromatic N) is 3. The van der Waals surface area contributed by atoms with Crippen LogP contribution in [0, 0.1) is 6.92 Å². The van der Waals surface area contributed by atoms with Crippen LogP contribution in [-0.2, 0) is 6.42 Å². The molecule has 0 saturated heterocycles. The van der Waals surface area contributed by atoms with Crippen molar-refractivity contribution >= 4 is 23.2 Å². The van der Waals surface area contributed by atoms with Crippen LogP contribution in [-0.4, -0.2) is 20.9 Å². The maximum Gasteiger partial charge on any atom is 0.0843 e. The van der Waals surface area contributed by atoms with Gasteiger partial charge < -0.3 is 0 Å². The summed E-state index contributed by atoms with van der Waals surface area (Å²) in [5.74, 6) is 0.549. The Balaban J connectivity index is 2.31. The van der Waals surface area contributed by atoms with Gasteiger partial charge in [-0.15, -0.1) is 16.7 Å². The molecule has 1 aromatic carbocycles. The van der Waals surface area contributed by atoms with Gasteiger partial charge in [0, 0.05) is 17.3 Å². The smallest absolute Gasteiger partial charge is 0.0843 e. The van der Waals surface area contributed by atoms with Crippen molar-refractivity contribution in [1.82, 2.24) is 15.0 Å². The fourth-order valence-corrected chi connectivity index (χ4v) is 1.73. The minimum Gasteiger partial charge on any atom is -0.220 e. The number of halogens is 2. The van der Waals surface area contributed by atoms with Crippen LogP contribution in [0.3, 0.4) is 0 Å². The third-order valence-electron chi connectivity index (χ3n) is 2.31. The van der Waals surface area contributed by atoms with Crippen LogP contribution < -0.4 is 0 Å². The number of benzene rings is 1. The summed E-state index contributed by atoms with van der Waals surface area (Å²) in [6.07, 6.45) is 2.59. The highest BCUT2D eigenvalue weighted by atomic mass is 35.5. The molecule has 0 N–H and O–H groups in total. The van der Waals surface area contributed by atoms with Crippen molar-refractivity contribution in [2.75, 3.05) is 5.88 Å². The van der Waals surface area contributed by atoms with Gasteiger partial charge >= 0.3 is 0 Å². The molecule has 1 aromatic heterocycles. The number of aryl methyl sites for hydroxylation is 2. The second-order valence-electron chi connectivity index (χ2n) is 3.53. The summed E-state index contributed by atoms with van der Waals surface area (Å²) in [4.78, 5) is 0. The van der Waals surface area contributed by atoms with Crippen LogP contribution in [0.2, 0.25) is 5.02 Å². The molecule has 0 amide bonds. The highest BCUT2D eigenvalue weighted by molar-refractivity contribution is 6.31. The van der Waals surface area contributed by atoms with E-state index in [1.54, 1.807) is 4.68 Å². The van der Waals surface area contributed by atoms with Crippen molar-refractivity contribution in [2.24, 2.45) is 0 Å². The van der Waals surface area contributed by atoms with Crippen molar-refractivity contribution in [3.63, 3.8) is 0 Å². The van der Waals surface area contributed by atoms with E-state index in [4.69, 9.17) is 23.2 Å². The average molecular weight is 256 g/mol. The van der Waals surface area contributed by atoms with E-state index >= 15 is 0 Å². The standard InChI is InChI=1S/C11H11Cl2N3/c1-8-2-3-10(6-11(8)13)16-7-9(4-5-12)14-15-16/h2-3,6-7H,4-5H2,1H3. The molecule has 0 aliphatic carbocycles. The van der Waals surface area contributed by atoms with Gasteiger partial charge in [-0.3, -0.25) is 0 Å². The zero-order valence-corrected chi connectivity index (χ0v) is 10.3. The van der Waals surface area contributed by atoms with Crippen molar-refractivity contribution in [3.05, 3.63) is 40.7 Å². The summed E-state index contributed by atoms with van der Waals surface area (Å²) in [6, 6.07) is 5.79. The molecular formula is C11H11Cl2N3. The largest absolute Gasteiger partial charge is 0.220 e. The van der Waals surface area contributed by atoms with E-state index in [2.05, 4.69) is 10.3 Å². The molecule has 0 aliphatic heterocycles. The molecule has 0 atom stereocenters. The molecule has 84 valence electrons. The Morgan fingerprint density at radius 1 is 1.38 bits per heavy atom. The Morgan fingerprint density at radius 3 is 2.88 bits per heavy atom. The van der Waals surface area contributed by atoms with E-state index in [0.717, 1.165) is 28.4 Å². The first kappa shape index (κ1) is 11.4. The Kier molecular flexibility index (Phi) is 3.46. The van der Waals surface area contributed by atoms with Crippen LogP contribution in [0.15, 0.2) is 24.4 Å². The lowest BCUT2D eigenvalue weighted by atomic mass is 10.2. The molecule has 0 spiro atoms. The zero-order chi connectivity index (χ0) is 11.5. The van der Waals surface area contributed by atoms with E-state index in [1.807, 2.05) is 31.3 Å². The van der Waals surface area contributed by atoms with Crippen LogP contribution >= 0.6 is 23.2 Å². The van der Waals surface area contributed by atoms with Gasteiger partial charge in [0.2, 0.25) is 0 Å². The Labute approximate surface area is 104 Å². The summed E-state index contributed by atoms with van der Waals surface area (Å²) in [5.41, 5.74) is 2.84. The monoisotopic (exact) mass is 255 g/mol. The predicted octanol–water partition coefficient (Wildman–Crippen LogP) is 3.01. The molecule has 0 bridgehead atoms. The maximum atomic E-state index is 6.05. The Hall–Kier alpha value is -1.06. The maximum absolute atomic E-state index is 6.05. The van der Waals surface area contributed by atoms with Gasteiger partial charge in [-0.05, 0) is 24.6 Å². The SMILES string of the molecule is Cc1ccc(-n2cc(CCCl)nn2)cc1Cl. The number of hydrogen-bond donors (Lipinski definition) is 0. The average Bonchev–Trinajstić information content (AvgIpc) is 2.71.